The topological polar surface area (TPSA) is 36.0 Å². The van der Waals surface area contributed by atoms with E-state index in [0.29, 0.717) is 12.1 Å². The number of allylic oxidation sites excluding steroid dienone is 1. The lowest BCUT2D eigenvalue weighted by Crippen LogP contribution is -2.44. The third-order valence-corrected chi connectivity index (χ3v) is 6.76. The molecule has 1 saturated heterocycles. The molecule has 0 N–H and O–H groups in total. The number of anilines is 1. The molecular weight excluding hydrogens is 446 g/mol. The normalized spacial score (nSPS) is 14.6. The van der Waals surface area contributed by atoms with E-state index in [0.717, 1.165) is 43.1 Å². The first kappa shape index (κ1) is 25.7. The van der Waals surface area contributed by atoms with Crippen LogP contribution in [0.15, 0.2) is 66.7 Å². The zero-order valence-electron chi connectivity index (χ0n) is 22.1. The molecule has 0 unspecified atom stereocenters. The number of hydrogen-bond acceptors (Lipinski definition) is 5. The van der Waals surface area contributed by atoms with E-state index < -0.39 is 0 Å². The van der Waals surface area contributed by atoms with Crippen molar-refractivity contribution in [2.24, 2.45) is 0 Å². The average molecular weight is 484 g/mol. The first-order valence-electron chi connectivity index (χ1n) is 12.5. The van der Waals surface area contributed by atoms with E-state index in [-0.39, 0.29) is 5.78 Å². The summed E-state index contributed by atoms with van der Waals surface area (Å²) in [5.41, 5.74) is 7.53. The van der Waals surface area contributed by atoms with Gasteiger partial charge in [0.2, 0.25) is 0 Å². The lowest BCUT2D eigenvalue weighted by atomic mass is 9.97. The van der Waals surface area contributed by atoms with Crippen molar-refractivity contribution in [3.63, 3.8) is 0 Å². The summed E-state index contributed by atoms with van der Waals surface area (Å²) in [4.78, 5) is 20.2. The first-order chi connectivity index (χ1) is 17.3. The Morgan fingerprint density at radius 1 is 1.00 bits per heavy atom. The summed E-state index contributed by atoms with van der Waals surface area (Å²) in [6, 6.07) is 20.8. The van der Waals surface area contributed by atoms with Crippen molar-refractivity contribution in [2.45, 2.75) is 13.5 Å². The van der Waals surface area contributed by atoms with Crippen LogP contribution < -0.4 is 9.64 Å². The number of aryl methyl sites for hydroxylation is 1. The van der Waals surface area contributed by atoms with Gasteiger partial charge in [-0.15, -0.1) is 0 Å². The highest BCUT2D eigenvalue weighted by Crippen LogP contribution is 2.30. The molecule has 1 heterocycles. The molecule has 0 amide bonds. The monoisotopic (exact) mass is 483 g/mol. The standard InChI is InChI=1S/C31H37N3O2/c1-23-8-6-7-9-29(23)25-18-24(19-27(20-25)34-16-14-33(4)15-17-34)10-13-31(35)30-12-11-28(36-5)21-26(30)22-32(2)3/h6-13,18-21H,14-17,22H2,1-5H3. The van der Waals surface area contributed by atoms with Crippen LogP contribution in [-0.4, -0.2) is 70.0 Å². The Kier molecular flexibility index (Phi) is 8.24. The number of benzene rings is 3. The van der Waals surface area contributed by atoms with Gasteiger partial charge in [-0.3, -0.25) is 4.79 Å². The van der Waals surface area contributed by atoms with Gasteiger partial charge in [-0.2, -0.15) is 0 Å². The summed E-state index contributed by atoms with van der Waals surface area (Å²) in [5.74, 6) is 0.757. The fraction of sp³-hybridized carbons (Fsp3) is 0.323. The van der Waals surface area contributed by atoms with Gasteiger partial charge in [0.15, 0.2) is 5.78 Å². The van der Waals surface area contributed by atoms with Crippen LogP contribution >= 0.6 is 0 Å². The maximum atomic E-state index is 13.3. The molecule has 0 bridgehead atoms. The molecule has 1 aliphatic heterocycles. The summed E-state index contributed by atoms with van der Waals surface area (Å²) in [6.45, 7) is 6.90. The molecular formula is C31H37N3O2. The lowest BCUT2D eigenvalue weighted by Gasteiger charge is -2.34. The molecule has 5 nitrogen and oxygen atoms in total. The minimum Gasteiger partial charge on any atom is -0.497 e. The van der Waals surface area contributed by atoms with E-state index in [1.54, 1.807) is 13.2 Å². The SMILES string of the molecule is COc1ccc(C(=O)C=Cc2cc(-c3ccccc3C)cc(N3CCN(C)CC3)c2)c(CN(C)C)c1. The number of ketones is 1. The highest BCUT2D eigenvalue weighted by atomic mass is 16.5. The molecule has 4 rings (SSSR count). The van der Waals surface area contributed by atoms with Crippen molar-refractivity contribution >= 4 is 17.5 Å². The predicted octanol–water partition coefficient (Wildman–Crippen LogP) is 5.38. The Labute approximate surface area is 215 Å². The Morgan fingerprint density at radius 2 is 1.75 bits per heavy atom. The second kappa shape index (κ2) is 11.5. The van der Waals surface area contributed by atoms with Gasteiger partial charge in [0.25, 0.3) is 0 Å². The van der Waals surface area contributed by atoms with Crippen LogP contribution in [0.5, 0.6) is 5.75 Å². The summed E-state index contributed by atoms with van der Waals surface area (Å²) in [7, 11) is 7.82. The van der Waals surface area contributed by atoms with Crippen molar-refractivity contribution in [3.8, 4) is 16.9 Å². The third kappa shape index (κ3) is 6.23. The molecule has 0 saturated carbocycles. The lowest BCUT2D eigenvalue weighted by molar-refractivity contribution is 0.104. The van der Waals surface area contributed by atoms with Gasteiger partial charge >= 0.3 is 0 Å². The van der Waals surface area contributed by atoms with Crippen LogP contribution in [0.2, 0.25) is 0 Å². The van der Waals surface area contributed by atoms with E-state index in [1.807, 2.05) is 38.4 Å². The van der Waals surface area contributed by atoms with E-state index in [2.05, 4.69) is 71.1 Å². The number of piperazine rings is 1. The van der Waals surface area contributed by atoms with Crippen LogP contribution in [-0.2, 0) is 6.54 Å². The molecule has 0 aromatic heterocycles. The Morgan fingerprint density at radius 3 is 2.44 bits per heavy atom. The Hall–Kier alpha value is -3.41. The second-order valence-corrected chi connectivity index (χ2v) is 9.88. The van der Waals surface area contributed by atoms with Crippen molar-refractivity contribution in [1.82, 2.24) is 9.80 Å². The number of hydrogen-bond donors (Lipinski definition) is 0. The minimum absolute atomic E-state index is 0.00283. The molecule has 3 aromatic carbocycles. The zero-order valence-corrected chi connectivity index (χ0v) is 22.1. The maximum absolute atomic E-state index is 13.3. The number of likely N-dealkylation sites (N-methyl/N-ethyl adjacent to an activating group) is 1. The number of carbonyl (C=O) groups excluding carboxylic acids is 1. The molecule has 5 heteroatoms. The molecule has 3 aromatic rings. The quantitative estimate of drug-likeness (QED) is 0.318. The van der Waals surface area contributed by atoms with Crippen molar-refractivity contribution in [3.05, 3.63) is 89.0 Å². The second-order valence-electron chi connectivity index (χ2n) is 9.88. The largest absolute Gasteiger partial charge is 0.497 e. The molecule has 0 atom stereocenters. The number of methoxy groups -OCH3 is 1. The van der Waals surface area contributed by atoms with Crippen LogP contribution in [0, 0.1) is 6.92 Å². The van der Waals surface area contributed by atoms with Crippen molar-refractivity contribution in [1.29, 1.82) is 0 Å². The molecule has 0 spiro atoms. The average Bonchev–Trinajstić information content (AvgIpc) is 2.87. The summed E-state index contributed by atoms with van der Waals surface area (Å²) in [5, 5.41) is 0. The predicted molar refractivity (Wildman–Crippen MR) is 150 cm³/mol. The molecule has 188 valence electrons. The number of carbonyl (C=O) groups is 1. The van der Waals surface area contributed by atoms with Gasteiger partial charge in [0, 0.05) is 44.0 Å². The molecule has 36 heavy (non-hydrogen) atoms. The first-order valence-corrected chi connectivity index (χ1v) is 12.5. The summed E-state index contributed by atoms with van der Waals surface area (Å²) < 4.78 is 5.39. The van der Waals surface area contributed by atoms with Gasteiger partial charge in [0.1, 0.15) is 5.75 Å². The van der Waals surface area contributed by atoms with Gasteiger partial charge in [-0.05, 0) is 98.4 Å². The number of ether oxygens (including phenoxy) is 1. The van der Waals surface area contributed by atoms with Crippen LogP contribution in [0.3, 0.4) is 0 Å². The van der Waals surface area contributed by atoms with Crippen molar-refractivity contribution in [2.75, 3.05) is 59.3 Å². The van der Waals surface area contributed by atoms with E-state index in [9.17, 15) is 4.79 Å². The summed E-state index contributed by atoms with van der Waals surface area (Å²) >= 11 is 0. The zero-order chi connectivity index (χ0) is 25.7. The van der Waals surface area contributed by atoms with Gasteiger partial charge < -0.3 is 19.4 Å². The van der Waals surface area contributed by atoms with Gasteiger partial charge in [-0.25, -0.2) is 0 Å². The van der Waals surface area contributed by atoms with Crippen LogP contribution in [0.4, 0.5) is 5.69 Å². The fourth-order valence-corrected chi connectivity index (χ4v) is 4.70. The fourth-order valence-electron chi connectivity index (χ4n) is 4.70. The Bertz CT molecular complexity index is 1240. The Balaban J connectivity index is 1.68. The molecule has 1 aliphatic rings. The smallest absolute Gasteiger partial charge is 0.186 e. The highest BCUT2D eigenvalue weighted by Gasteiger charge is 2.16. The number of rotatable bonds is 8. The maximum Gasteiger partial charge on any atom is 0.186 e. The molecule has 0 aliphatic carbocycles. The van der Waals surface area contributed by atoms with E-state index in [4.69, 9.17) is 4.74 Å². The van der Waals surface area contributed by atoms with Gasteiger partial charge in [-0.1, -0.05) is 30.3 Å². The molecule has 1 fully saturated rings. The summed E-state index contributed by atoms with van der Waals surface area (Å²) in [6.07, 6.45) is 3.65. The number of nitrogens with zero attached hydrogens (tertiary/aromatic N) is 3. The van der Waals surface area contributed by atoms with E-state index >= 15 is 0 Å². The minimum atomic E-state index is -0.00283. The van der Waals surface area contributed by atoms with Crippen LogP contribution in [0.25, 0.3) is 17.2 Å². The highest BCUT2D eigenvalue weighted by molar-refractivity contribution is 6.08. The van der Waals surface area contributed by atoms with Gasteiger partial charge in [0.05, 0.1) is 7.11 Å². The third-order valence-electron chi connectivity index (χ3n) is 6.76. The van der Waals surface area contributed by atoms with Crippen molar-refractivity contribution < 1.29 is 9.53 Å². The van der Waals surface area contributed by atoms with E-state index in [1.165, 1.54) is 22.4 Å². The van der Waals surface area contributed by atoms with Crippen LogP contribution in [0.1, 0.15) is 27.0 Å². The molecule has 0 radical (unpaired) electrons.